The van der Waals surface area contributed by atoms with Crippen LogP contribution in [0.5, 0.6) is 11.5 Å². The van der Waals surface area contributed by atoms with Gasteiger partial charge in [-0.15, -0.1) is 0 Å². The Morgan fingerprint density at radius 3 is 2.58 bits per heavy atom. The van der Waals surface area contributed by atoms with Crippen LogP contribution in [0.4, 0.5) is 0 Å². The largest absolute Gasteiger partial charge is 0.496 e. The van der Waals surface area contributed by atoms with E-state index in [0.717, 1.165) is 72.7 Å². The highest BCUT2D eigenvalue weighted by atomic mass is 16.5. The number of aliphatic imine (C=N–C) groups is 1. The number of nitrogens with zero attached hydrogens (tertiary/aromatic N) is 1. The van der Waals surface area contributed by atoms with Crippen LogP contribution in [0.25, 0.3) is 10.8 Å². The van der Waals surface area contributed by atoms with Gasteiger partial charge in [-0.3, -0.25) is 4.99 Å². The van der Waals surface area contributed by atoms with Crippen LogP contribution in [0, 0.1) is 11.8 Å². The third-order valence-corrected chi connectivity index (χ3v) is 8.50. The topological polar surface area (TPSA) is 61.3 Å². The summed E-state index contributed by atoms with van der Waals surface area (Å²) in [6.07, 6.45) is 15.8. The molecule has 3 atom stereocenters. The quantitative estimate of drug-likeness (QED) is 0.345. The average molecular weight is 521 g/mol. The van der Waals surface area contributed by atoms with Crippen LogP contribution in [0.3, 0.4) is 0 Å². The van der Waals surface area contributed by atoms with Crippen molar-refractivity contribution in [2.75, 3.05) is 33.9 Å². The molecule has 2 aromatic rings. The fourth-order valence-electron chi connectivity index (χ4n) is 6.42. The molecule has 3 unspecified atom stereocenters. The summed E-state index contributed by atoms with van der Waals surface area (Å²) in [5.41, 5.74) is 2.28. The molecule has 1 saturated heterocycles. The maximum absolute atomic E-state index is 6.56. The third kappa shape index (κ3) is 6.59. The molecule has 0 spiro atoms. The normalized spacial score (nSPS) is 24.4. The SMILES string of the molecule is COc1cc(COC2CNCCC2C2=CCC(OCCCC3CCCCC3)N=C2)c(OC)c2ccccc12. The molecule has 1 aliphatic carbocycles. The third-order valence-electron chi connectivity index (χ3n) is 8.50. The Morgan fingerprint density at radius 2 is 1.82 bits per heavy atom. The molecule has 1 N–H and O–H groups in total. The van der Waals surface area contributed by atoms with Crippen molar-refractivity contribution in [2.45, 2.75) is 76.7 Å². The number of ether oxygens (including phenoxy) is 4. The van der Waals surface area contributed by atoms with E-state index in [0.29, 0.717) is 12.5 Å². The lowest BCUT2D eigenvalue weighted by Gasteiger charge is -2.34. The molecule has 2 aliphatic heterocycles. The highest BCUT2D eigenvalue weighted by molar-refractivity contribution is 5.94. The highest BCUT2D eigenvalue weighted by Gasteiger charge is 2.30. The van der Waals surface area contributed by atoms with E-state index in [1.165, 1.54) is 44.1 Å². The Bertz CT molecular complexity index is 1110. The molecule has 2 aromatic carbocycles. The smallest absolute Gasteiger partial charge is 0.151 e. The Hall–Kier alpha value is -2.41. The predicted molar refractivity (Wildman–Crippen MR) is 153 cm³/mol. The Labute approximate surface area is 227 Å². The van der Waals surface area contributed by atoms with Gasteiger partial charge in [0.25, 0.3) is 0 Å². The number of benzene rings is 2. The van der Waals surface area contributed by atoms with Gasteiger partial charge in [0, 0.05) is 48.0 Å². The molecule has 2 heterocycles. The number of rotatable bonds is 11. The van der Waals surface area contributed by atoms with E-state index >= 15 is 0 Å². The van der Waals surface area contributed by atoms with Gasteiger partial charge >= 0.3 is 0 Å². The Balaban J connectivity index is 1.16. The fourth-order valence-corrected chi connectivity index (χ4v) is 6.42. The molecule has 6 heteroatoms. The van der Waals surface area contributed by atoms with Crippen LogP contribution in [0.2, 0.25) is 0 Å². The van der Waals surface area contributed by atoms with Crippen LogP contribution in [0.1, 0.15) is 63.4 Å². The van der Waals surface area contributed by atoms with E-state index in [1.54, 1.807) is 14.2 Å². The molecule has 2 fully saturated rings. The van der Waals surface area contributed by atoms with E-state index < -0.39 is 0 Å². The van der Waals surface area contributed by atoms with Gasteiger partial charge in [0.2, 0.25) is 0 Å². The van der Waals surface area contributed by atoms with E-state index in [4.69, 9.17) is 23.9 Å². The molecule has 38 heavy (non-hydrogen) atoms. The number of methoxy groups -OCH3 is 2. The van der Waals surface area contributed by atoms with Crippen LogP contribution in [-0.4, -0.2) is 52.5 Å². The van der Waals surface area contributed by atoms with Crippen LogP contribution >= 0.6 is 0 Å². The van der Waals surface area contributed by atoms with Gasteiger partial charge in [-0.25, -0.2) is 0 Å². The van der Waals surface area contributed by atoms with Crippen molar-refractivity contribution in [1.82, 2.24) is 5.32 Å². The Kier molecular flexibility index (Phi) is 9.72. The first-order valence-electron chi connectivity index (χ1n) is 14.6. The van der Waals surface area contributed by atoms with Gasteiger partial charge < -0.3 is 24.3 Å². The zero-order valence-electron chi connectivity index (χ0n) is 23.1. The second-order valence-electron chi connectivity index (χ2n) is 11.0. The number of nitrogens with one attached hydrogen (secondary N) is 1. The van der Waals surface area contributed by atoms with E-state index in [1.807, 2.05) is 24.4 Å². The van der Waals surface area contributed by atoms with Crippen molar-refractivity contribution in [2.24, 2.45) is 16.8 Å². The highest BCUT2D eigenvalue weighted by Crippen LogP contribution is 2.38. The average Bonchev–Trinajstić information content (AvgIpc) is 2.98. The molecule has 6 nitrogen and oxygen atoms in total. The van der Waals surface area contributed by atoms with Crippen molar-refractivity contribution in [3.05, 3.63) is 47.5 Å². The molecule has 0 radical (unpaired) electrons. The van der Waals surface area contributed by atoms with E-state index in [2.05, 4.69) is 23.5 Å². The van der Waals surface area contributed by atoms with Crippen molar-refractivity contribution >= 4 is 17.0 Å². The summed E-state index contributed by atoms with van der Waals surface area (Å²) in [6.45, 7) is 3.09. The summed E-state index contributed by atoms with van der Waals surface area (Å²) in [5, 5.41) is 5.60. The minimum atomic E-state index is -0.0412. The minimum absolute atomic E-state index is 0.0412. The lowest BCUT2D eigenvalue weighted by atomic mass is 9.86. The fraction of sp³-hybridized carbons (Fsp3) is 0.594. The van der Waals surface area contributed by atoms with Crippen molar-refractivity contribution in [3.8, 4) is 11.5 Å². The number of dihydropyridines is 1. The van der Waals surface area contributed by atoms with Gasteiger partial charge in [-0.05, 0) is 43.4 Å². The second kappa shape index (κ2) is 13.6. The summed E-state index contributed by atoms with van der Waals surface area (Å²) in [6, 6.07) is 10.2. The van der Waals surface area contributed by atoms with Crippen molar-refractivity contribution in [1.29, 1.82) is 0 Å². The molecular formula is C32H44N2O4. The minimum Gasteiger partial charge on any atom is -0.496 e. The lowest BCUT2D eigenvalue weighted by Crippen LogP contribution is -2.43. The van der Waals surface area contributed by atoms with E-state index in [-0.39, 0.29) is 12.3 Å². The zero-order valence-corrected chi connectivity index (χ0v) is 23.1. The summed E-state index contributed by atoms with van der Waals surface area (Å²) in [5.74, 6) is 2.93. The first kappa shape index (κ1) is 27.2. The second-order valence-corrected chi connectivity index (χ2v) is 11.0. The standard InChI is InChI=1S/C32H44N2O4/c1-35-29-19-25(32(36-2)28-13-7-6-12-27(28)29)22-38-30-21-33-17-16-26(30)24-14-15-31(34-20-24)37-18-8-11-23-9-4-3-5-10-23/h6-7,12-14,19-20,23,26,30-31,33H,3-5,8-11,15-18,21-22H2,1-2H3. The number of fused-ring (bicyclic) bond motifs is 1. The number of hydrogen-bond donors (Lipinski definition) is 1. The van der Waals surface area contributed by atoms with Crippen molar-refractivity contribution < 1.29 is 18.9 Å². The predicted octanol–water partition coefficient (Wildman–Crippen LogP) is 6.46. The zero-order chi connectivity index (χ0) is 26.2. The summed E-state index contributed by atoms with van der Waals surface area (Å²) < 4.78 is 24.2. The molecule has 0 amide bonds. The molecular weight excluding hydrogens is 476 g/mol. The summed E-state index contributed by atoms with van der Waals surface area (Å²) in [7, 11) is 3.43. The van der Waals surface area contributed by atoms with Gasteiger partial charge in [0.15, 0.2) is 6.23 Å². The molecule has 3 aliphatic rings. The maximum atomic E-state index is 6.56. The molecule has 206 valence electrons. The molecule has 0 aromatic heterocycles. The van der Waals surface area contributed by atoms with Gasteiger partial charge in [0.05, 0.1) is 26.9 Å². The first-order valence-corrected chi connectivity index (χ1v) is 14.6. The maximum Gasteiger partial charge on any atom is 0.151 e. The summed E-state index contributed by atoms with van der Waals surface area (Å²) >= 11 is 0. The summed E-state index contributed by atoms with van der Waals surface area (Å²) in [4.78, 5) is 4.78. The Morgan fingerprint density at radius 1 is 0.974 bits per heavy atom. The molecule has 1 saturated carbocycles. The van der Waals surface area contributed by atoms with Crippen LogP contribution in [-0.2, 0) is 16.1 Å². The number of piperidine rings is 1. The molecule has 5 rings (SSSR count). The van der Waals surface area contributed by atoms with E-state index in [9.17, 15) is 0 Å². The number of hydrogen-bond acceptors (Lipinski definition) is 6. The first-order chi connectivity index (χ1) is 18.8. The van der Waals surface area contributed by atoms with Crippen LogP contribution < -0.4 is 14.8 Å². The molecule has 0 bridgehead atoms. The monoisotopic (exact) mass is 520 g/mol. The van der Waals surface area contributed by atoms with Gasteiger partial charge in [0.1, 0.15) is 11.5 Å². The lowest BCUT2D eigenvalue weighted by molar-refractivity contribution is -0.00116. The van der Waals surface area contributed by atoms with Crippen molar-refractivity contribution in [3.63, 3.8) is 0 Å². The van der Waals surface area contributed by atoms with Gasteiger partial charge in [-0.2, -0.15) is 0 Å². The van der Waals surface area contributed by atoms with Crippen LogP contribution in [0.15, 0.2) is 47.0 Å². The van der Waals surface area contributed by atoms with Gasteiger partial charge in [-0.1, -0.05) is 62.4 Å².